The number of benzene rings is 4. The van der Waals surface area contributed by atoms with E-state index < -0.39 is 11.0 Å². The smallest absolute Gasteiger partial charge is 0.127 e. The number of methoxy groups -OCH3 is 1. The maximum absolute atomic E-state index is 12.4. The quantitative estimate of drug-likeness (QED) is 0.530. The lowest BCUT2D eigenvalue weighted by molar-refractivity contribution is 0.417. The minimum absolute atomic E-state index is 0.609. The zero-order chi connectivity index (χ0) is 19.1. The van der Waals surface area contributed by atoms with Gasteiger partial charge in [-0.25, -0.2) is 9.35 Å². The molecule has 0 aromatic heterocycles. The van der Waals surface area contributed by atoms with Gasteiger partial charge in [-0.2, -0.15) is 0 Å². The summed E-state index contributed by atoms with van der Waals surface area (Å²) in [6, 6.07) is 20.5. The Morgan fingerprint density at radius 2 is 1.33 bits per heavy atom. The van der Waals surface area contributed by atoms with Gasteiger partial charge in [0.2, 0.25) is 0 Å². The Morgan fingerprint density at radius 1 is 0.778 bits per heavy atom. The Bertz CT molecular complexity index is 1210. The fraction of sp³-hybridized carbons (Fsp3) is 0.130. The highest BCUT2D eigenvalue weighted by molar-refractivity contribution is 7.82. The van der Waals surface area contributed by atoms with Crippen molar-refractivity contribution in [3.63, 3.8) is 0 Å². The predicted molar refractivity (Wildman–Crippen MR) is 114 cm³/mol. The van der Waals surface area contributed by atoms with E-state index in [4.69, 9.17) is 9.88 Å². The molecule has 0 aliphatic carbocycles. The molecule has 4 rings (SSSR count). The summed E-state index contributed by atoms with van der Waals surface area (Å²) in [5.41, 5.74) is 4.17. The number of hydrogen-bond donors (Lipinski definition) is 1. The standard InChI is InChI=1S/C23H21NO2S/c1-14-4-8-18-16(12-14)6-10-20(26-3)22(18)23-19-9-5-15(2)13-17(19)7-11-21(23)27(24)25/h4-13H,24H2,1-3H3. The Hall–Kier alpha value is -2.69. The number of rotatable bonds is 3. The van der Waals surface area contributed by atoms with Gasteiger partial charge in [-0.05, 0) is 47.5 Å². The Morgan fingerprint density at radius 3 is 1.89 bits per heavy atom. The van der Waals surface area contributed by atoms with Crippen LogP contribution in [0.15, 0.2) is 65.6 Å². The van der Waals surface area contributed by atoms with E-state index in [1.807, 2.05) is 18.2 Å². The average molecular weight is 375 g/mol. The van der Waals surface area contributed by atoms with Gasteiger partial charge in [0, 0.05) is 11.1 Å². The van der Waals surface area contributed by atoms with E-state index in [0.717, 1.165) is 38.4 Å². The molecule has 4 aromatic carbocycles. The van der Waals surface area contributed by atoms with Crippen molar-refractivity contribution < 1.29 is 8.95 Å². The molecule has 0 bridgehead atoms. The number of aryl methyl sites for hydroxylation is 2. The highest BCUT2D eigenvalue weighted by atomic mass is 32.2. The van der Waals surface area contributed by atoms with Crippen molar-refractivity contribution in [2.75, 3.05) is 7.11 Å². The molecule has 0 amide bonds. The van der Waals surface area contributed by atoms with Crippen LogP contribution >= 0.6 is 0 Å². The van der Waals surface area contributed by atoms with Gasteiger partial charge in [0.05, 0.1) is 12.0 Å². The Kier molecular flexibility index (Phi) is 4.46. The number of nitrogens with two attached hydrogens (primary N) is 1. The number of ether oxygens (including phenoxy) is 1. The summed E-state index contributed by atoms with van der Waals surface area (Å²) >= 11 is 0. The number of fused-ring (bicyclic) bond motifs is 2. The average Bonchev–Trinajstić information content (AvgIpc) is 2.65. The van der Waals surface area contributed by atoms with E-state index in [-0.39, 0.29) is 0 Å². The Labute approximate surface area is 161 Å². The zero-order valence-electron chi connectivity index (χ0n) is 15.6. The molecule has 0 saturated carbocycles. The summed E-state index contributed by atoms with van der Waals surface area (Å²) < 4.78 is 18.1. The molecule has 27 heavy (non-hydrogen) atoms. The summed E-state index contributed by atoms with van der Waals surface area (Å²) in [5, 5.41) is 10.1. The van der Waals surface area contributed by atoms with Crippen LogP contribution in [0.1, 0.15) is 11.1 Å². The van der Waals surface area contributed by atoms with Crippen LogP contribution in [0.2, 0.25) is 0 Å². The van der Waals surface area contributed by atoms with E-state index in [1.54, 1.807) is 7.11 Å². The van der Waals surface area contributed by atoms with Crippen molar-refractivity contribution in [2.24, 2.45) is 5.14 Å². The SMILES string of the molecule is COc1ccc2cc(C)ccc2c1-c1c(S(N)=O)ccc2cc(C)ccc12. The molecule has 3 nitrogen and oxygen atoms in total. The monoisotopic (exact) mass is 375 g/mol. The third-order valence-electron chi connectivity index (χ3n) is 4.96. The van der Waals surface area contributed by atoms with E-state index >= 15 is 0 Å². The Balaban J connectivity index is 2.22. The van der Waals surface area contributed by atoms with Gasteiger partial charge in [0.25, 0.3) is 0 Å². The predicted octanol–water partition coefficient (Wildman–Crippen LogP) is 5.27. The first-order valence-electron chi connectivity index (χ1n) is 8.77. The van der Waals surface area contributed by atoms with Crippen LogP contribution in [0, 0.1) is 13.8 Å². The molecule has 4 aromatic rings. The van der Waals surface area contributed by atoms with Gasteiger partial charge < -0.3 is 4.74 Å². The van der Waals surface area contributed by atoms with E-state index in [2.05, 4.69) is 56.3 Å². The fourth-order valence-corrected chi connectivity index (χ4v) is 4.33. The lowest BCUT2D eigenvalue weighted by Gasteiger charge is -2.18. The zero-order valence-corrected chi connectivity index (χ0v) is 16.4. The van der Waals surface area contributed by atoms with Gasteiger partial charge in [-0.1, -0.05) is 59.7 Å². The summed E-state index contributed by atoms with van der Waals surface area (Å²) in [6.07, 6.45) is 0. The first kappa shape index (κ1) is 17.7. The molecular formula is C23H21NO2S. The highest BCUT2D eigenvalue weighted by Crippen LogP contribution is 2.43. The van der Waals surface area contributed by atoms with E-state index in [1.165, 1.54) is 11.1 Å². The van der Waals surface area contributed by atoms with Crippen LogP contribution < -0.4 is 9.88 Å². The first-order chi connectivity index (χ1) is 13.0. The topological polar surface area (TPSA) is 52.3 Å². The molecule has 0 saturated heterocycles. The van der Waals surface area contributed by atoms with Crippen molar-refractivity contribution in [2.45, 2.75) is 18.7 Å². The van der Waals surface area contributed by atoms with Crippen LogP contribution in [0.3, 0.4) is 0 Å². The molecular weight excluding hydrogens is 354 g/mol. The maximum Gasteiger partial charge on any atom is 0.127 e. The second kappa shape index (κ2) is 6.80. The van der Waals surface area contributed by atoms with Gasteiger partial charge >= 0.3 is 0 Å². The van der Waals surface area contributed by atoms with Crippen LogP contribution in [0.25, 0.3) is 32.7 Å². The maximum atomic E-state index is 12.4. The molecule has 0 aliphatic heterocycles. The van der Waals surface area contributed by atoms with Crippen molar-refractivity contribution in [1.82, 2.24) is 0 Å². The number of hydrogen-bond acceptors (Lipinski definition) is 2. The lowest BCUT2D eigenvalue weighted by atomic mass is 9.92. The molecule has 0 spiro atoms. The van der Waals surface area contributed by atoms with Gasteiger partial charge in [0.1, 0.15) is 16.7 Å². The minimum Gasteiger partial charge on any atom is -0.496 e. The van der Waals surface area contributed by atoms with Crippen LogP contribution in [0.5, 0.6) is 5.75 Å². The molecule has 4 heteroatoms. The van der Waals surface area contributed by atoms with Gasteiger partial charge in [-0.3, -0.25) is 0 Å². The molecule has 136 valence electrons. The second-order valence-corrected chi connectivity index (χ2v) is 7.86. The van der Waals surface area contributed by atoms with Gasteiger partial charge in [0.15, 0.2) is 0 Å². The van der Waals surface area contributed by atoms with Crippen molar-refractivity contribution in [3.05, 3.63) is 71.8 Å². The summed E-state index contributed by atoms with van der Waals surface area (Å²) in [7, 11) is 0.0444. The van der Waals surface area contributed by atoms with Crippen molar-refractivity contribution in [3.8, 4) is 16.9 Å². The molecule has 1 atom stereocenters. The third kappa shape index (κ3) is 3.01. The molecule has 2 N–H and O–H groups in total. The minimum atomic E-state index is -1.62. The lowest BCUT2D eigenvalue weighted by Crippen LogP contribution is -2.05. The molecule has 0 fully saturated rings. The normalized spacial score (nSPS) is 12.4. The van der Waals surface area contributed by atoms with Crippen LogP contribution in [-0.2, 0) is 11.0 Å². The van der Waals surface area contributed by atoms with E-state index in [0.29, 0.717) is 4.90 Å². The van der Waals surface area contributed by atoms with Gasteiger partial charge in [-0.15, -0.1) is 0 Å². The molecule has 0 aliphatic rings. The van der Waals surface area contributed by atoms with Crippen molar-refractivity contribution >= 4 is 32.5 Å². The fourth-order valence-electron chi connectivity index (χ4n) is 3.71. The summed E-state index contributed by atoms with van der Waals surface area (Å²) in [6.45, 7) is 4.14. The molecule has 1 unspecified atom stereocenters. The van der Waals surface area contributed by atoms with Crippen LogP contribution in [0.4, 0.5) is 0 Å². The summed E-state index contributed by atoms with van der Waals surface area (Å²) in [5.74, 6) is 0.742. The van der Waals surface area contributed by atoms with E-state index in [9.17, 15) is 4.21 Å². The summed E-state index contributed by atoms with van der Waals surface area (Å²) in [4.78, 5) is 0.609. The third-order valence-corrected chi connectivity index (χ3v) is 5.73. The molecule has 0 heterocycles. The first-order valence-corrected chi connectivity index (χ1v) is 9.98. The van der Waals surface area contributed by atoms with Crippen LogP contribution in [-0.4, -0.2) is 11.3 Å². The highest BCUT2D eigenvalue weighted by Gasteiger charge is 2.19. The van der Waals surface area contributed by atoms with Crippen molar-refractivity contribution in [1.29, 1.82) is 0 Å². The second-order valence-electron chi connectivity index (χ2n) is 6.83. The molecule has 0 radical (unpaired) electrons. The largest absolute Gasteiger partial charge is 0.496 e.